The molecular weight excluding hydrogens is 288 g/mol. The minimum absolute atomic E-state index is 0.100. The van der Waals surface area contributed by atoms with Crippen LogP contribution in [0, 0.1) is 0 Å². The third-order valence-corrected chi connectivity index (χ3v) is 4.37. The summed E-state index contributed by atoms with van der Waals surface area (Å²) in [5.74, 6) is 0. The monoisotopic (exact) mass is 300 g/mol. The maximum Gasteiger partial charge on any atom is 0.187 e. The van der Waals surface area contributed by atoms with Crippen LogP contribution in [0.2, 0.25) is 0 Å². The summed E-state index contributed by atoms with van der Waals surface area (Å²) in [5.41, 5.74) is 4.88. The van der Waals surface area contributed by atoms with E-state index in [0.717, 1.165) is 29.5 Å². The number of aromatic nitrogens is 2. The molecule has 6 heteroatoms. The number of rotatable bonds is 3. The van der Waals surface area contributed by atoms with Gasteiger partial charge in [-0.15, -0.1) is 0 Å². The van der Waals surface area contributed by atoms with Crippen LogP contribution in [0.15, 0.2) is 22.5 Å². The third kappa shape index (κ3) is 2.08. The second-order valence-corrected chi connectivity index (χ2v) is 5.83. The maximum atomic E-state index is 4.47. The van der Waals surface area contributed by atoms with Gasteiger partial charge in [0, 0.05) is 6.20 Å². The number of nitrogens with zero attached hydrogens (tertiary/aromatic N) is 3. The molecule has 0 saturated carbocycles. The molecular formula is C10H13BrN4S. The highest BCUT2D eigenvalue weighted by Crippen LogP contribution is 2.30. The lowest BCUT2D eigenvalue weighted by atomic mass is 9.99. The van der Waals surface area contributed by atoms with Gasteiger partial charge in [0.15, 0.2) is 5.16 Å². The van der Waals surface area contributed by atoms with E-state index in [-0.39, 0.29) is 4.32 Å². The Morgan fingerprint density at radius 1 is 1.62 bits per heavy atom. The molecule has 2 rings (SSSR count). The number of alkyl halides is 1. The molecule has 1 aliphatic heterocycles. The Labute approximate surface area is 107 Å². The van der Waals surface area contributed by atoms with Gasteiger partial charge >= 0.3 is 0 Å². The molecule has 1 aliphatic rings. The molecule has 1 aromatic heterocycles. The van der Waals surface area contributed by atoms with E-state index in [1.54, 1.807) is 6.20 Å². The first-order valence-electron chi connectivity index (χ1n) is 5.07. The van der Waals surface area contributed by atoms with Crippen LogP contribution in [0.3, 0.4) is 0 Å². The summed E-state index contributed by atoms with van der Waals surface area (Å²) in [4.78, 5) is 8.63. The topological polar surface area (TPSA) is 50.2 Å². The van der Waals surface area contributed by atoms with Gasteiger partial charge in [-0.1, -0.05) is 34.6 Å². The molecule has 86 valence electrons. The molecule has 4 nitrogen and oxygen atoms in total. The Hall–Kier alpha value is -0.620. The molecule has 2 heterocycles. The van der Waals surface area contributed by atoms with E-state index in [1.807, 2.05) is 12.3 Å². The zero-order chi connectivity index (χ0) is 11.6. The van der Waals surface area contributed by atoms with Crippen LogP contribution < -0.4 is 5.43 Å². The molecule has 0 fully saturated rings. The highest BCUT2D eigenvalue weighted by atomic mass is 79.9. The quantitative estimate of drug-likeness (QED) is 0.527. The Bertz CT molecular complexity index is 423. The van der Waals surface area contributed by atoms with Gasteiger partial charge < -0.3 is 5.43 Å². The smallest absolute Gasteiger partial charge is 0.187 e. The first-order valence-corrected chi connectivity index (χ1v) is 7.09. The van der Waals surface area contributed by atoms with Crippen LogP contribution >= 0.6 is 27.7 Å². The van der Waals surface area contributed by atoms with Crippen LogP contribution in [0.4, 0.5) is 0 Å². The highest BCUT2D eigenvalue weighted by Gasteiger charge is 2.37. The van der Waals surface area contributed by atoms with Gasteiger partial charge in [-0.05, 0) is 18.7 Å². The first kappa shape index (κ1) is 11.9. The molecule has 0 amide bonds. The van der Waals surface area contributed by atoms with Crippen molar-refractivity contribution in [2.45, 2.75) is 22.8 Å². The van der Waals surface area contributed by atoms with Crippen LogP contribution in [0.1, 0.15) is 19.0 Å². The van der Waals surface area contributed by atoms with Crippen molar-refractivity contribution in [1.82, 2.24) is 15.4 Å². The summed E-state index contributed by atoms with van der Waals surface area (Å²) < 4.78 is -0.100. The number of thioether (sulfide) groups is 1. The number of hydrogen-bond donors (Lipinski definition) is 1. The van der Waals surface area contributed by atoms with Crippen molar-refractivity contribution in [3.8, 4) is 0 Å². The van der Waals surface area contributed by atoms with Crippen LogP contribution in [-0.2, 0) is 0 Å². The highest BCUT2D eigenvalue weighted by molar-refractivity contribution is 9.10. The van der Waals surface area contributed by atoms with Crippen molar-refractivity contribution < 1.29 is 0 Å². The molecule has 0 aliphatic carbocycles. The molecule has 0 aromatic carbocycles. The predicted molar refractivity (Wildman–Crippen MR) is 70.3 cm³/mol. The van der Waals surface area contributed by atoms with E-state index in [4.69, 9.17) is 0 Å². The van der Waals surface area contributed by atoms with Crippen LogP contribution in [-0.4, -0.2) is 32.8 Å². The number of nitrogens with one attached hydrogen (secondary N) is 1. The first-order chi connectivity index (χ1) is 7.69. The fraction of sp³-hybridized carbons (Fsp3) is 0.500. The van der Waals surface area contributed by atoms with Gasteiger partial charge in [-0.2, -0.15) is 5.10 Å². The SMILES string of the molecule is CCC1(Br)CNN=C1c1ccnc(SC)n1. The van der Waals surface area contributed by atoms with Crippen LogP contribution in [0.25, 0.3) is 0 Å². The summed E-state index contributed by atoms with van der Waals surface area (Å²) in [6, 6.07) is 1.90. The predicted octanol–water partition coefficient (Wildman–Crippen LogP) is 2.05. The molecule has 1 aromatic rings. The van der Waals surface area contributed by atoms with Crippen molar-refractivity contribution in [3.05, 3.63) is 18.0 Å². The molecule has 1 unspecified atom stereocenters. The van der Waals surface area contributed by atoms with Crippen molar-refractivity contribution in [3.63, 3.8) is 0 Å². The molecule has 0 spiro atoms. The van der Waals surface area contributed by atoms with Gasteiger partial charge in [0.2, 0.25) is 0 Å². The van der Waals surface area contributed by atoms with Crippen molar-refractivity contribution >= 4 is 33.4 Å². The fourth-order valence-corrected chi connectivity index (χ4v) is 2.35. The number of hydrazone groups is 1. The van der Waals surface area contributed by atoms with E-state index in [0.29, 0.717) is 0 Å². The van der Waals surface area contributed by atoms with Gasteiger partial charge in [0.05, 0.1) is 16.6 Å². The van der Waals surface area contributed by atoms with Gasteiger partial charge in [-0.3, -0.25) is 0 Å². The average molecular weight is 301 g/mol. The summed E-state index contributed by atoms with van der Waals surface area (Å²) in [6.07, 6.45) is 4.71. The standard InChI is InChI=1S/C10H13BrN4S/c1-3-10(11)6-13-15-8(10)7-4-5-12-9(14-7)16-2/h4-5,13H,3,6H2,1-2H3. The van der Waals surface area contributed by atoms with Gasteiger partial charge in [-0.25, -0.2) is 9.97 Å². The lowest BCUT2D eigenvalue weighted by Crippen LogP contribution is -2.34. The minimum atomic E-state index is -0.100. The molecule has 0 saturated heterocycles. The van der Waals surface area contributed by atoms with Crippen LogP contribution in [0.5, 0.6) is 0 Å². The maximum absolute atomic E-state index is 4.47. The van der Waals surface area contributed by atoms with Gasteiger partial charge in [0.25, 0.3) is 0 Å². The lowest BCUT2D eigenvalue weighted by Gasteiger charge is -2.19. The van der Waals surface area contributed by atoms with Crippen molar-refractivity contribution in [2.75, 3.05) is 12.8 Å². The van der Waals surface area contributed by atoms with E-state index in [1.165, 1.54) is 11.8 Å². The molecule has 0 radical (unpaired) electrons. The van der Waals surface area contributed by atoms with E-state index in [2.05, 4.69) is 43.3 Å². The van der Waals surface area contributed by atoms with E-state index in [9.17, 15) is 0 Å². The minimum Gasteiger partial charge on any atom is -0.308 e. The Balaban J connectivity index is 2.37. The second-order valence-electron chi connectivity index (χ2n) is 3.54. The largest absolute Gasteiger partial charge is 0.308 e. The summed E-state index contributed by atoms with van der Waals surface area (Å²) >= 11 is 5.27. The van der Waals surface area contributed by atoms with Crippen molar-refractivity contribution in [2.24, 2.45) is 5.10 Å². The molecule has 1 atom stereocenters. The number of halogens is 1. The van der Waals surface area contributed by atoms with Crippen molar-refractivity contribution in [1.29, 1.82) is 0 Å². The summed E-state index contributed by atoms with van der Waals surface area (Å²) in [5, 5.41) is 5.10. The normalized spacial score (nSPS) is 24.1. The lowest BCUT2D eigenvalue weighted by molar-refractivity contribution is 0.689. The zero-order valence-electron chi connectivity index (χ0n) is 9.20. The Morgan fingerprint density at radius 3 is 3.12 bits per heavy atom. The average Bonchev–Trinajstić information content (AvgIpc) is 2.72. The summed E-state index contributed by atoms with van der Waals surface area (Å²) in [6.45, 7) is 2.94. The summed E-state index contributed by atoms with van der Waals surface area (Å²) in [7, 11) is 0. The van der Waals surface area contributed by atoms with E-state index >= 15 is 0 Å². The molecule has 0 bridgehead atoms. The molecule has 16 heavy (non-hydrogen) atoms. The third-order valence-electron chi connectivity index (χ3n) is 2.59. The Kier molecular flexibility index (Phi) is 3.49. The second kappa shape index (κ2) is 4.71. The fourth-order valence-electron chi connectivity index (χ4n) is 1.58. The van der Waals surface area contributed by atoms with Gasteiger partial charge in [0.1, 0.15) is 5.71 Å². The van der Waals surface area contributed by atoms with E-state index < -0.39 is 0 Å². The Morgan fingerprint density at radius 2 is 2.44 bits per heavy atom. The number of hydrogen-bond acceptors (Lipinski definition) is 5. The zero-order valence-corrected chi connectivity index (χ0v) is 11.6. The molecule has 1 N–H and O–H groups in total.